The fourth-order valence-corrected chi connectivity index (χ4v) is 3.32. The number of hydrogen-bond acceptors (Lipinski definition) is 4. The molecule has 112 valence electrons. The van der Waals surface area contributed by atoms with E-state index in [2.05, 4.69) is 0 Å². The van der Waals surface area contributed by atoms with E-state index in [1.807, 2.05) is 48.5 Å². The van der Waals surface area contributed by atoms with Gasteiger partial charge in [0.15, 0.2) is 0 Å². The normalized spacial score (nSPS) is 24.9. The lowest BCUT2D eigenvalue weighted by atomic mass is 9.81. The zero-order valence-electron chi connectivity index (χ0n) is 12.2. The van der Waals surface area contributed by atoms with Crippen molar-refractivity contribution in [3.63, 3.8) is 0 Å². The minimum atomic E-state index is -0.350. The lowest BCUT2D eigenvalue weighted by Gasteiger charge is -2.42. The maximum absolute atomic E-state index is 11.6. The minimum absolute atomic E-state index is 0.0521. The summed E-state index contributed by atoms with van der Waals surface area (Å²) in [5.41, 5.74) is 1.94. The van der Waals surface area contributed by atoms with Gasteiger partial charge in [0.2, 0.25) is 0 Å². The molecule has 2 aromatic carbocycles. The molecule has 0 saturated carbocycles. The van der Waals surface area contributed by atoms with Gasteiger partial charge in [-0.15, -0.1) is 0 Å². The van der Waals surface area contributed by atoms with Crippen molar-refractivity contribution in [3.05, 3.63) is 59.7 Å². The number of esters is 1. The SMILES string of the molecule is CC(=O)O[C@@H]1c2ccccc2O[C@@H]2COc3ccccc3[C@H]12. The largest absolute Gasteiger partial charge is 0.489 e. The van der Waals surface area contributed by atoms with Crippen LogP contribution in [0.3, 0.4) is 0 Å². The van der Waals surface area contributed by atoms with E-state index in [1.54, 1.807) is 0 Å². The molecule has 3 atom stereocenters. The summed E-state index contributed by atoms with van der Waals surface area (Å²) in [5.74, 6) is 1.26. The van der Waals surface area contributed by atoms with Crippen LogP contribution in [-0.2, 0) is 9.53 Å². The molecule has 0 unspecified atom stereocenters. The second-order valence-electron chi connectivity index (χ2n) is 5.60. The summed E-state index contributed by atoms with van der Waals surface area (Å²) in [6.45, 7) is 1.89. The van der Waals surface area contributed by atoms with Gasteiger partial charge in [-0.05, 0) is 12.1 Å². The van der Waals surface area contributed by atoms with Crippen LogP contribution in [0.2, 0.25) is 0 Å². The van der Waals surface area contributed by atoms with Crippen LogP contribution in [0.1, 0.15) is 30.1 Å². The zero-order valence-corrected chi connectivity index (χ0v) is 12.2. The second kappa shape index (κ2) is 5.05. The first kappa shape index (κ1) is 13.2. The molecule has 4 rings (SSSR count). The minimum Gasteiger partial charge on any atom is -0.489 e. The van der Waals surface area contributed by atoms with E-state index in [1.165, 1.54) is 6.92 Å². The molecule has 2 aliphatic rings. The fraction of sp³-hybridized carbons (Fsp3) is 0.278. The number of fused-ring (bicyclic) bond motifs is 4. The number of carbonyl (C=O) groups excluding carboxylic acids is 1. The van der Waals surface area contributed by atoms with Crippen molar-refractivity contribution in [1.82, 2.24) is 0 Å². The van der Waals surface area contributed by atoms with Gasteiger partial charge in [0.05, 0.1) is 5.92 Å². The average Bonchev–Trinajstić information content (AvgIpc) is 2.54. The van der Waals surface area contributed by atoms with Crippen molar-refractivity contribution in [2.24, 2.45) is 0 Å². The lowest BCUT2D eigenvalue weighted by molar-refractivity contribution is -0.151. The summed E-state index contributed by atoms with van der Waals surface area (Å²) >= 11 is 0. The smallest absolute Gasteiger partial charge is 0.303 e. The summed E-state index contributed by atoms with van der Waals surface area (Å²) < 4.78 is 17.6. The molecule has 0 saturated heterocycles. The highest BCUT2D eigenvalue weighted by atomic mass is 16.6. The van der Waals surface area contributed by atoms with Crippen LogP contribution in [0.5, 0.6) is 11.5 Å². The van der Waals surface area contributed by atoms with Crippen molar-refractivity contribution in [2.45, 2.75) is 25.0 Å². The predicted octanol–water partition coefficient (Wildman–Crippen LogP) is 3.23. The van der Waals surface area contributed by atoms with Crippen molar-refractivity contribution in [2.75, 3.05) is 6.61 Å². The van der Waals surface area contributed by atoms with E-state index in [0.717, 1.165) is 22.6 Å². The molecule has 2 aliphatic heterocycles. The molecule has 0 aliphatic carbocycles. The van der Waals surface area contributed by atoms with E-state index >= 15 is 0 Å². The Labute approximate surface area is 128 Å². The lowest BCUT2D eigenvalue weighted by Crippen LogP contribution is -2.42. The molecule has 0 spiro atoms. The molecule has 4 nitrogen and oxygen atoms in total. The van der Waals surface area contributed by atoms with Gasteiger partial charge in [-0.2, -0.15) is 0 Å². The predicted molar refractivity (Wildman–Crippen MR) is 80.0 cm³/mol. The average molecular weight is 296 g/mol. The van der Waals surface area contributed by atoms with Gasteiger partial charge >= 0.3 is 5.97 Å². The van der Waals surface area contributed by atoms with Gasteiger partial charge in [0.1, 0.15) is 30.3 Å². The number of carbonyl (C=O) groups is 1. The standard InChI is InChI=1S/C18H16O4/c1-11(19)21-18-13-7-3-5-9-15(13)22-16-10-20-14-8-4-2-6-12(14)17(16)18/h2-9,16-18H,10H2,1H3/t16-,17+,18-/m1/s1. The van der Waals surface area contributed by atoms with E-state index in [0.29, 0.717) is 6.61 Å². The maximum Gasteiger partial charge on any atom is 0.303 e. The van der Waals surface area contributed by atoms with Crippen molar-refractivity contribution >= 4 is 5.97 Å². The fourth-order valence-electron chi connectivity index (χ4n) is 3.32. The van der Waals surface area contributed by atoms with Crippen LogP contribution in [0, 0.1) is 0 Å². The Morgan fingerprint density at radius 3 is 2.50 bits per heavy atom. The third-order valence-corrected chi connectivity index (χ3v) is 4.20. The topological polar surface area (TPSA) is 44.8 Å². The first-order chi connectivity index (χ1) is 10.7. The monoisotopic (exact) mass is 296 g/mol. The summed E-state index contributed by atoms with van der Waals surface area (Å²) in [6, 6.07) is 15.6. The molecule has 0 radical (unpaired) electrons. The number of ether oxygens (including phenoxy) is 3. The molecule has 0 amide bonds. The third-order valence-electron chi connectivity index (χ3n) is 4.20. The molecule has 2 heterocycles. The highest BCUT2D eigenvalue weighted by molar-refractivity contribution is 5.67. The number of para-hydroxylation sites is 2. The second-order valence-corrected chi connectivity index (χ2v) is 5.60. The van der Waals surface area contributed by atoms with Crippen LogP contribution in [-0.4, -0.2) is 18.7 Å². The van der Waals surface area contributed by atoms with E-state index in [-0.39, 0.29) is 24.1 Å². The van der Waals surface area contributed by atoms with E-state index in [4.69, 9.17) is 14.2 Å². The quantitative estimate of drug-likeness (QED) is 0.758. The van der Waals surface area contributed by atoms with Crippen LogP contribution in [0.25, 0.3) is 0 Å². The molecule has 0 fully saturated rings. The number of rotatable bonds is 1. The highest BCUT2D eigenvalue weighted by Crippen LogP contribution is 2.49. The highest BCUT2D eigenvalue weighted by Gasteiger charge is 2.45. The third kappa shape index (κ3) is 2.03. The molecule has 0 N–H and O–H groups in total. The first-order valence-electron chi connectivity index (χ1n) is 7.38. The molecule has 0 bridgehead atoms. The van der Waals surface area contributed by atoms with Crippen LogP contribution < -0.4 is 9.47 Å². The summed E-state index contributed by atoms with van der Waals surface area (Å²) in [6.07, 6.45) is -0.508. The molecule has 4 heteroatoms. The summed E-state index contributed by atoms with van der Waals surface area (Å²) in [4.78, 5) is 11.6. The maximum atomic E-state index is 11.6. The Bertz CT molecular complexity index is 725. The van der Waals surface area contributed by atoms with Gasteiger partial charge in [-0.25, -0.2) is 0 Å². The zero-order chi connectivity index (χ0) is 15.1. The number of hydrogen-bond donors (Lipinski definition) is 0. The first-order valence-corrected chi connectivity index (χ1v) is 7.38. The Hall–Kier alpha value is -2.49. The Morgan fingerprint density at radius 1 is 1.05 bits per heavy atom. The van der Waals surface area contributed by atoms with Gasteiger partial charge in [-0.3, -0.25) is 4.79 Å². The van der Waals surface area contributed by atoms with E-state index in [9.17, 15) is 4.79 Å². The molecule has 22 heavy (non-hydrogen) atoms. The van der Waals surface area contributed by atoms with Gasteiger partial charge < -0.3 is 14.2 Å². The number of benzene rings is 2. The summed E-state index contributed by atoms with van der Waals surface area (Å²) in [5, 5.41) is 0. The van der Waals surface area contributed by atoms with Crippen LogP contribution in [0.15, 0.2) is 48.5 Å². The molecular weight excluding hydrogens is 280 g/mol. The Balaban J connectivity index is 1.85. The molecule has 0 aromatic heterocycles. The van der Waals surface area contributed by atoms with E-state index < -0.39 is 0 Å². The van der Waals surface area contributed by atoms with Crippen LogP contribution in [0.4, 0.5) is 0 Å². The van der Waals surface area contributed by atoms with Gasteiger partial charge in [0.25, 0.3) is 0 Å². The van der Waals surface area contributed by atoms with Crippen molar-refractivity contribution in [3.8, 4) is 11.5 Å². The van der Waals surface area contributed by atoms with Crippen molar-refractivity contribution in [1.29, 1.82) is 0 Å². The molecule has 2 aromatic rings. The van der Waals surface area contributed by atoms with Gasteiger partial charge in [0, 0.05) is 18.1 Å². The van der Waals surface area contributed by atoms with Crippen molar-refractivity contribution < 1.29 is 19.0 Å². The molecular formula is C18H16O4. The Morgan fingerprint density at radius 2 is 1.73 bits per heavy atom. The summed E-state index contributed by atoms with van der Waals surface area (Å²) in [7, 11) is 0. The van der Waals surface area contributed by atoms with Crippen LogP contribution >= 0.6 is 0 Å². The Kier molecular flexibility index (Phi) is 3.03. The van der Waals surface area contributed by atoms with Gasteiger partial charge in [-0.1, -0.05) is 36.4 Å².